The molecule has 6 nitrogen and oxygen atoms in total. The number of aryl methyl sites for hydroxylation is 1. The lowest BCUT2D eigenvalue weighted by Gasteiger charge is -2.07. The average molecular weight is 355 g/mol. The van der Waals surface area contributed by atoms with Gasteiger partial charge in [0.15, 0.2) is 5.82 Å². The fourth-order valence-electron chi connectivity index (χ4n) is 1.95. The SMILES string of the molecule is CCCCCNc1ccc(NS(=O)(=O)c2ccc(CC)s2)nn1. The number of nitrogens with zero attached hydrogens (tertiary/aromatic N) is 2. The molecule has 2 rings (SSSR count). The third kappa shape index (κ3) is 5.18. The molecule has 0 unspecified atom stereocenters. The molecule has 0 spiro atoms. The van der Waals surface area contributed by atoms with E-state index in [0.29, 0.717) is 5.82 Å². The number of thiophene rings is 1. The molecule has 0 aromatic carbocycles. The van der Waals surface area contributed by atoms with Crippen molar-refractivity contribution < 1.29 is 8.42 Å². The van der Waals surface area contributed by atoms with Gasteiger partial charge >= 0.3 is 0 Å². The topological polar surface area (TPSA) is 84.0 Å². The highest BCUT2D eigenvalue weighted by Gasteiger charge is 2.17. The van der Waals surface area contributed by atoms with Gasteiger partial charge in [-0.2, -0.15) is 0 Å². The minimum atomic E-state index is -3.59. The minimum absolute atomic E-state index is 0.218. The van der Waals surface area contributed by atoms with E-state index in [1.165, 1.54) is 17.8 Å². The molecule has 23 heavy (non-hydrogen) atoms. The molecular formula is C15H22N4O2S2. The largest absolute Gasteiger partial charge is 0.369 e. The fourth-order valence-corrected chi connectivity index (χ4v) is 4.24. The molecule has 2 aromatic rings. The molecule has 0 atom stereocenters. The lowest BCUT2D eigenvalue weighted by atomic mass is 10.2. The summed E-state index contributed by atoms with van der Waals surface area (Å²) in [6.45, 7) is 4.98. The third-order valence-electron chi connectivity index (χ3n) is 3.24. The first kappa shape index (κ1) is 17.7. The second kappa shape index (κ2) is 8.26. The Hall–Kier alpha value is -1.67. The monoisotopic (exact) mass is 354 g/mol. The molecule has 126 valence electrons. The molecule has 0 radical (unpaired) electrons. The lowest BCUT2D eigenvalue weighted by molar-refractivity contribution is 0.603. The average Bonchev–Trinajstić information content (AvgIpc) is 3.03. The van der Waals surface area contributed by atoms with Crippen molar-refractivity contribution in [3.05, 3.63) is 29.1 Å². The summed E-state index contributed by atoms with van der Waals surface area (Å²) in [4.78, 5) is 1.03. The summed E-state index contributed by atoms with van der Waals surface area (Å²) in [5.74, 6) is 0.865. The summed E-state index contributed by atoms with van der Waals surface area (Å²) >= 11 is 1.27. The Labute approximate surface area is 141 Å². The van der Waals surface area contributed by atoms with Gasteiger partial charge < -0.3 is 5.32 Å². The van der Waals surface area contributed by atoms with Crippen LogP contribution in [0.1, 0.15) is 38.0 Å². The molecule has 0 saturated carbocycles. The number of anilines is 2. The Morgan fingerprint density at radius 1 is 1.04 bits per heavy atom. The Morgan fingerprint density at radius 2 is 1.78 bits per heavy atom. The molecule has 0 amide bonds. The van der Waals surface area contributed by atoms with Crippen LogP contribution in [0.15, 0.2) is 28.5 Å². The van der Waals surface area contributed by atoms with Crippen LogP contribution in [-0.4, -0.2) is 25.2 Å². The molecule has 8 heteroatoms. The highest BCUT2D eigenvalue weighted by Crippen LogP contribution is 2.23. The van der Waals surface area contributed by atoms with E-state index in [0.717, 1.165) is 30.7 Å². The van der Waals surface area contributed by atoms with Crippen LogP contribution in [0.5, 0.6) is 0 Å². The third-order valence-corrected chi connectivity index (χ3v) is 6.32. The van der Waals surface area contributed by atoms with Crippen LogP contribution in [-0.2, 0) is 16.4 Å². The van der Waals surface area contributed by atoms with Crippen molar-refractivity contribution in [1.82, 2.24) is 10.2 Å². The normalized spacial score (nSPS) is 11.4. The number of unbranched alkanes of at least 4 members (excludes halogenated alkanes) is 2. The smallest absolute Gasteiger partial charge is 0.272 e. The molecule has 2 heterocycles. The minimum Gasteiger partial charge on any atom is -0.369 e. The van der Waals surface area contributed by atoms with Crippen molar-refractivity contribution in [3.63, 3.8) is 0 Å². The first-order chi connectivity index (χ1) is 11.0. The molecule has 2 N–H and O–H groups in total. The summed E-state index contributed by atoms with van der Waals surface area (Å²) in [6.07, 6.45) is 4.22. The quantitative estimate of drug-likeness (QED) is 0.673. The van der Waals surface area contributed by atoms with Crippen LogP contribution in [0.25, 0.3) is 0 Å². The van der Waals surface area contributed by atoms with Gasteiger partial charge in [-0.1, -0.05) is 26.7 Å². The van der Waals surface area contributed by atoms with Gasteiger partial charge in [-0.25, -0.2) is 8.42 Å². The Balaban J connectivity index is 1.97. The number of hydrogen-bond acceptors (Lipinski definition) is 6. The van der Waals surface area contributed by atoms with Crippen LogP contribution in [0.4, 0.5) is 11.6 Å². The molecule has 2 aromatic heterocycles. The standard InChI is InChI=1S/C15H22N4O2S2/c1-3-5-6-11-16-13-8-9-14(18-17-13)19-23(20,21)15-10-7-12(4-2)22-15/h7-10H,3-6,11H2,1-2H3,(H,16,17)(H,18,19). The molecule has 0 aliphatic heterocycles. The first-order valence-corrected chi connectivity index (χ1v) is 10.0. The van der Waals surface area contributed by atoms with E-state index in [1.807, 2.05) is 13.0 Å². The number of aromatic nitrogens is 2. The van der Waals surface area contributed by atoms with Crippen LogP contribution in [0, 0.1) is 0 Å². The molecule has 0 fully saturated rings. The van der Waals surface area contributed by atoms with Gasteiger partial charge in [0, 0.05) is 11.4 Å². The summed E-state index contributed by atoms with van der Waals surface area (Å²) in [7, 11) is -3.59. The summed E-state index contributed by atoms with van der Waals surface area (Å²) < 4.78 is 27.3. The number of nitrogens with one attached hydrogen (secondary N) is 2. The van der Waals surface area contributed by atoms with Gasteiger partial charge in [-0.3, -0.25) is 4.72 Å². The maximum atomic E-state index is 12.3. The van der Waals surface area contributed by atoms with E-state index >= 15 is 0 Å². The van der Waals surface area contributed by atoms with Gasteiger partial charge in [0.05, 0.1) is 0 Å². The zero-order valence-electron chi connectivity index (χ0n) is 13.4. The maximum Gasteiger partial charge on any atom is 0.272 e. The number of hydrogen-bond donors (Lipinski definition) is 2. The molecule has 0 aliphatic rings. The van der Waals surface area contributed by atoms with Crippen molar-refractivity contribution in [2.45, 2.75) is 43.7 Å². The summed E-state index contributed by atoms with van der Waals surface area (Å²) in [5.41, 5.74) is 0. The molecule has 0 aliphatic carbocycles. The van der Waals surface area contributed by atoms with Crippen LogP contribution >= 0.6 is 11.3 Å². The lowest BCUT2D eigenvalue weighted by Crippen LogP contribution is -2.13. The highest BCUT2D eigenvalue weighted by molar-refractivity contribution is 7.94. The van der Waals surface area contributed by atoms with Gasteiger partial charge in [-0.15, -0.1) is 21.5 Å². The van der Waals surface area contributed by atoms with E-state index in [4.69, 9.17) is 0 Å². The van der Waals surface area contributed by atoms with E-state index in [-0.39, 0.29) is 10.0 Å². The van der Waals surface area contributed by atoms with Gasteiger partial charge in [0.2, 0.25) is 0 Å². The van der Waals surface area contributed by atoms with Crippen molar-refractivity contribution in [2.24, 2.45) is 0 Å². The molecular weight excluding hydrogens is 332 g/mol. The zero-order chi connectivity index (χ0) is 16.7. The summed E-state index contributed by atoms with van der Waals surface area (Å²) in [6, 6.07) is 6.78. The molecule has 0 bridgehead atoms. The fraction of sp³-hybridized carbons (Fsp3) is 0.467. The van der Waals surface area contributed by atoms with Gasteiger partial charge in [0.1, 0.15) is 10.0 Å². The van der Waals surface area contributed by atoms with Crippen LogP contribution in [0.2, 0.25) is 0 Å². The maximum absolute atomic E-state index is 12.3. The first-order valence-electron chi connectivity index (χ1n) is 7.74. The summed E-state index contributed by atoms with van der Waals surface area (Å²) in [5, 5.41) is 11.1. The molecule has 0 saturated heterocycles. The van der Waals surface area contributed by atoms with Crippen molar-refractivity contribution >= 4 is 33.0 Å². The predicted octanol–water partition coefficient (Wildman–Crippen LogP) is 3.50. The second-order valence-corrected chi connectivity index (χ2v) is 8.20. The zero-order valence-corrected chi connectivity index (χ0v) is 15.0. The van der Waals surface area contributed by atoms with Crippen molar-refractivity contribution in [1.29, 1.82) is 0 Å². The van der Waals surface area contributed by atoms with E-state index in [1.54, 1.807) is 18.2 Å². The van der Waals surface area contributed by atoms with Crippen LogP contribution in [0.3, 0.4) is 0 Å². The van der Waals surface area contributed by atoms with Crippen molar-refractivity contribution in [2.75, 3.05) is 16.6 Å². The predicted molar refractivity (Wildman–Crippen MR) is 94.6 cm³/mol. The number of sulfonamides is 1. The van der Waals surface area contributed by atoms with E-state index in [9.17, 15) is 8.42 Å². The second-order valence-electron chi connectivity index (χ2n) is 5.12. The van der Waals surface area contributed by atoms with Crippen LogP contribution < -0.4 is 10.0 Å². The Kier molecular flexibility index (Phi) is 6.35. The highest BCUT2D eigenvalue weighted by atomic mass is 32.2. The van der Waals surface area contributed by atoms with Gasteiger partial charge in [0.25, 0.3) is 10.0 Å². The van der Waals surface area contributed by atoms with E-state index < -0.39 is 10.0 Å². The van der Waals surface area contributed by atoms with E-state index in [2.05, 4.69) is 27.2 Å². The Morgan fingerprint density at radius 3 is 2.39 bits per heavy atom. The Bertz CT molecular complexity index is 711. The van der Waals surface area contributed by atoms with Gasteiger partial charge in [-0.05, 0) is 37.1 Å². The number of rotatable bonds is 9. The van der Waals surface area contributed by atoms with Crippen molar-refractivity contribution in [3.8, 4) is 0 Å².